The lowest BCUT2D eigenvalue weighted by molar-refractivity contribution is -0.304. The van der Waals surface area contributed by atoms with E-state index in [0.29, 0.717) is 11.4 Å². The molecule has 0 spiro atoms. The number of benzene rings is 1. The fourth-order valence-corrected chi connectivity index (χ4v) is 3.93. The number of carboxylic acids is 1. The van der Waals surface area contributed by atoms with E-state index in [2.05, 4.69) is 68.6 Å². The zero-order valence-electron chi connectivity index (χ0n) is 17.0. The van der Waals surface area contributed by atoms with Crippen molar-refractivity contribution in [2.24, 2.45) is 0 Å². The molecule has 1 aliphatic rings. The van der Waals surface area contributed by atoms with Crippen LogP contribution in [-0.4, -0.2) is 21.5 Å². The van der Waals surface area contributed by atoms with Crippen molar-refractivity contribution in [1.29, 1.82) is 0 Å². The summed E-state index contributed by atoms with van der Waals surface area (Å²) >= 11 is 0. The van der Waals surface area contributed by atoms with Crippen LogP contribution in [0.1, 0.15) is 69.1 Å². The predicted molar refractivity (Wildman–Crippen MR) is 105 cm³/mol. The maximum atomic E-state index is 10.6. The molecule has 5 heteroatoms. The maximum absolute atomic E-state index is 10.6. The third kappa shape index (κ3) is 4.33. The van der Waals surface area contributed by atoms with E-state index in [1.165, 1.54) is 18.0 Å². The summed E-state index contributed by atoms with van der Waals surface area (Å²) in [5, 5.41) is 10.6. The van der Waals surface area contributed by atoms with Crippen LogP contribution >= 0.6 is 0 Å². The summed E-state index contributed by atoms with van der Waals surface area (Å²) in [5.74, 6) is 6.01. The normalized spacial score (nSPS) is 16.3. The van der Waals surface area contributed by atoms with Crippen LogP contribution in [0.15, 0.2) is 24.5 Å². The number of aliphatic carboxylic acids is 1. The highest BCUT2D eigenvalue weighted by atomic mass is 16.5. The van der Waals surface area contributed by atoms with Gasteiger partial charge in [0.05, 0.1) is 18.1 Å². The van der Waals surface area contributed by atoms with Gasteiger partial charge in [-0.25, -0.2) is 4.98 Å². The smallest absolute Gasteiger partial charge is 0.131 e. The van der Waals surface area contributed by atoms with Gasteiger partial charge in [0.25, 0.3) is 0 Å². The summed E-state index contributed by atoms with van der Waals surface area (Å²) in [4.78, 5) is 18.9. The molecule has 1 aromatic heterocycles. The highest BCUT2D eigenvalue weighted by molar-refractivity contribution is 5.67. The average Bonchev–Trinajstić information content (AvgIpc) is 2.58. The van der Waals surface area contributed by atoms with Crippen LogP contribution in [0.4, 0.5) is 0 Å². The van der Waals surface area contributed by atoms with Gasteiger partial charge in [-0.05, 0) is 55.7 Å². The second-order valence-corrected chi connectivity index (χ2v) is 8.47. The third-order valence-corrected chi connectivity index (χ3v) is 4.93. The summed E-state index contributed by atoms with van der Waals surface area (Å²) in [6.07, 6.45) is 4.43. The summed E-state index contributed by atoms with van der Waals surface area (Å²) in [5.41, 5.74) is 3.90. The predicted octanol–water partition coefficient (Wildman–Crippen LogP) is 2.57. The first-order chi connectivity index (χ1) is 13.1. The zero-order valence-corrected chi connectivity index (χ0v) is 17.0. The second-order valence-electron chi connectivity index (χ2n) is 8.47. The minimum Gasteiger partial charge on any atom is -0.550 e. The van der Waals surface area contributed by atoms with Crippen molar-refractivity contribution in [3.63, 3.8) is 0 Å². The molecule has 28 heavy (non-hydrogen) atoms. The summed E-state index contributed by atoms with van der Waals surface area (Å²) in [6.45, 7) is 10.8. The maximum Gasteiger partial charge on any atom is 0.131 e. The molecule has 0 atom stereocenters. The molecule has 0 aliphatic carbocycles. The molecule has 0 saturated heterocycles. The SMILES string of the molecule is CCc1cc2c(cc1C#Cc1cnc(CC(=O)[O-])cn1)C(C)(C)CC(C)(C)O2. The highest BCUT2D eigenvalue weighted by Crippen LogP contribution is 2.45. The Morgan fingerprint density at radius 2 is 1.93 bits per heavy atom. The van der Waals surface area contributed by atoms with Crippen LogP contribution in [0.2, 0.25) is 0 Å². The molecule has 146 valence electrons. The molecule has 0 N–H and O–H groups in total. The van der Waals surface area contributed by atoms with Gasteiger partial charge < -0.3 is 14.6 Å². The number of carboxylic acid groups (broad SMARTS) is 1. The fraction of sp³-hybridized carbons (Fsp3) is 0.435. The van der Waals surface area contributed by atoms with Crippen molar-refractivity contribution in [3.8, 4) is 17.6 Å². The Hall–Kier alpha value is -2.87. The van der Waals surface area contributed by atoms with Crippen LogP contribution in [0, 0.1) is 11.8 Å². The number of rotatable bonds is 3. The first-order valence-corrected chi connectivity index (χ1v) is 9.49. The second kappa shape index (κ2) is 7.27. The van der Waals surface area contributed by atoms with E-state index in [4.69, 9.17) is 4.74 Å². The van der Waals surface area contributed by atoms with E-state index in [1.54, 1.807) is 0 Å². The molecule has 0 radical (unpaired) electrons. The van der Waals surface area contributed by atoms with Crippen molar-refractivity contribution in [1.82, 2.24) is 9.97 Å². The average molecular weight is 377 g/mol. The molecule has 0 unspecified atom stereocenters. The standard InChI is InChI=1S/C23H26N2O3/c1-6-15-10-20-19(22(2,3)14-23(4,5)28-20)9-16(15)7-8-17-12-25-18(13-24-17)11-21(26)27/h9-10,12-13H,6,11,14H2,1-5H3,(H,26,27)/p-1. The fourth-order valence-electron chi connectivity index (χ4n) is 3.93. The Balaban J connectivity index is 1.96. The van der Waals surface area contributed by atoms with E-state index in [0.717, 1.165) is 29.7 Å². The number of nitrogens with zero attached hydrogens (tertiary/aromatic N) is 2. The summed E-state index contributed by atoms with van der Waals surface area (Å²) in [6, 6.07) is 4.24. The zero-order chi connectivity index (χ0) is 20.5. The molecule has 2 aromatic rings. The van der Waals surface area contributed by atoms with Gasteiger partial charge in [0.2, 0.25) is 0 Å². The number of ether oxygens (including phenoxy) is 1. The number of fused-ring (bicyclic) bond motifs is 1. The Morgan fingerprint density at radius 1 is 1.18 bits per heavy atom. The number of carbonyl (C=O) groups is 1. The van der Waals surface area contributed by atoms with Crippen LogP contribution < -0.4 is 9.84 Å². The number of aryl methyl sites for hydroxylation is 1. The third-order valence-electron chi connectivity index (χ3n) is 4.93. The van der Waals surface area contributed by atoms with E-state index < -0.39 is 5.97 Å². The number of aromatic nitrogens is 2. The Morgan fingerprint density at radius 3 is 2.54 bits per heavy atom. The lowest BCUT2D eigenvalue weighted by atomic mass is 9.73. The molecular weight excluding hydrogens is 352 g/mol. The molecule has 0 amide bonds. The van der Waals surface area contributed by atoms with Gasteiger partial charge in [0.15, 0.2) is 0 Å². The van der Waals surface area contributed by atoms with Gasteiger partial charge in [0, 0.05) is 23.5 Å². The lowest BCUT2D eigenvalue weighted by Crippen LogP contribution is -2.41. The first kappa shape index (κ1) is 19.9. The summed E-state index contributed by atoms with van der Waals surface area (Å²) in [7, 11) is 0. The van der Waals surface area contributed by atoms with Crippen molar-refractivity contribution in [2.75, 3.05) is 0 Å². The van der Waals surface area contributed by atoms with Crippen molar-refractivity contribution >= 4 is 5.97 Å². The van der Waals surface area contributed by atoms with Gasteiger partial charge in [0.1, 0.15) is 17.0 Å². The number of hydrogen-bond acceptors (Lipinski definition) is 5. The van der Waals surface area contributed by atoms with Crippen molar-refractivity contribution in [2.45, 2.75) is 64.9 Å². The van der Waals surface area contributed by atoms with E-state index in [1.807, 2.05) is 0 Å². The van der Waals surface area contributed by atoms with E-state index in [-0.39, 0.29) is 17.4 Å². The Labute approximate surface area is 166 Å². The topological polar surface area (TPSA) is 75.1 Å². The van der Waals surface area contributed by atoms with E-state index >= 15 is 0 Å². The van der Waals surface area contributed by atoms with Crippen LogP contribution in [0.5, 0.6) is 5.75 Å². The minimum atomic E-state index is -1.18. The molecule has 1 aliphatic heterocycles. The molecule has 1 aromatic carbocycles. The number of carbonyl (C=O) groups excluding carboxylic acids is 1. The lowest BCUT2D eigenvalue weighted by Gasteiger charge is -2.42. The van der Waals surface area contributed by atoms with Crippen LogP contribution in [0.3, 0.4) is 0 Å². The Bertz CT molecular complexity index is 964. The molecule has 2 heterocycles. The largest absolute Gasteiger partial charge is 0.550 e. The molecule has 3 rings (SSSR count). The minimum absolute atomic E-state index is 0.00783. The monoisotopic (exact) mass is 377 g/mol. The van der Waals surface area contributed by atoms with Gasteiger partial charge in [-0.2, -0.15) is 0 Å². The highest BCUT2D eigenvalue weighted by Gasteiger charge is 2.39. The molecule has 0 bridgehead atoms. The van der Waals surface area contributed by atoms with Gasteiger partial charge in [-0.15, -0.1) is 0 Å². The van der Waals surface area contributed by atoms with Gasteiger partial charge >= 0.3 is 0 Å². The van der Waals surface area contributed by atoms with Crippen LogP contribution in [-0.2, 0) is 23.1 Å². The quantitative estimate of drug-likeness (QED) is 0.769. The van der Waals surface area contributed by atoms with Gasteiger partial charge in [-0.3, -0.25) is 4.98 Å². The molecular formula is C23H25N2O3-. The molecule has 0 saturated carbocycles. The molecule has 5 nitrogen and oxygen atoms in total. The first-order valence-electron chi connectivity index (χ1n) is 9.49. The van der Waals surface area contributed by atoms with Crippen molar-refractivity contribution in [3.05, 3.63) is 52.6 Å². The van der Waals surface area contributed by atoms with Crippen molar-refractivity contribution < 1.29 is 14.6 Å². The Kier molecular flexibility index (Phi) is 5.16. The van der Waals surface area contributed by atoms with E-state index in [9.17, 15) is 9.90 Å². The summed E-state index contributed by atoms with van der Waals surface area (Å²) < 4.78 is 6.24. The van der Waals surface area contributed by atoms with Gasteiger partial charge in [-0.1, -0.05) is 26.7 Å². The molecule has 0 fully saturated rings. The number of hydrogen-bond donors (Lipinski definition) is 0. The van der Waals surface area contributed by atoms with Crippen LogP contribution in [0.25, 0.3) is 0 Å².